The molecule has 0 aliphatic heterocycles. The minimum absolute atomic E-state index is 0.638. The molecule has 3 heteroatoms. The van der Waals surface area contributed by atoms with Gasteiger partial charge in [0.05, 0.1) is 0 Å². The molecule has 0 bridgehead atoms. The summed E-state index contributed by atoms with van der Waals surface area (Å²) < 4.78 is 5.85. The summed E-state index contributed by atoms with van der Waals surface area (Å²) in [5, 5.41) is 3.47. The lowest BCUT2D eigenvalue weighted by atomic mass is 10.1. The number of hydrogen-bond donors (Lipinski definition) is 1. The van der Waals surface area contributed by atoms with Crippen molar-refractivity contribution in [2.45, 2.75) is 0 Å². The van der Waals surface area contributed by atoms with Gasteiger partial charge in [0.15, 0.2) is 5.58 Å². The second-order valence-electron chi connectivity index (χ2n) is 6.64. The lowest BCUT2D eigenvalue weighted by Crippen LogP contribution is -1.90. The monoisotopic (exact) mass is 362 g/mol. The first-order valence-electron chi connectivity index (χ1n) is 9.24. The minimum atomic E-state index is 0.638. The van der Waals surface area contributed by atoms with E-state index in [0.29, 0.717) is 5.89 Å². The summed E-state index contributed by atoms with van der Waals surface area (Å²) in [7, 11) is 0. The van der Waals surface area contributed by atoms with E-state index in [1.165, 1.54) is 11.1 Å². The molecule has 0 saturated heterocycles. The van der Waals surface area contributed by atoms with Crippen LogP contribution in [0.15, 0.2) is 108 Å². The smallest absolute Gasteiger partial charge is 0.227 e. The molecule has 0 aliphatic rings. The maximum absolute atomic E-state index is 5.85. The largest absolute Gasteiger partial charge is 0.436 e. The second kappa shape index (κ2) is 7.05. The Morgan fingerprint density at radius 3 is 2.14 bits per heavy atom. The Kier molecular flexibility index (Phi) is 4.11. The molecule has 1 N–H and O–H groups in total. The van der Waals surface area contributed by atoms with Crippen LogP contribution in [0.25, 0.3) is 33.7 Å². The number of aromatic nitrogens is 1. The topological polar surface area (TPSA) is 38.1 Å². The zero-order chi connectivity index (χ0) is 18.8. The van der Waals surface area contributed by atoms with Crippen LogP contribution < -0.4 is 5.32 Å². The highest BCUT2D eigenvalue weighted by molar-refractivity contribution is 5.77. The molecule has 0 radical (unpaired) electrons. The van der Waals surface area contributed by atoms with Crippen LogP contribution in [0, 0.1) is 0 Å². The molecule has 1 aromatic heterocycles. The number of hydrogen-bond acceptors (Lipinski definition) is 3. The molecule has 0 saturated carbocycles. The normalized spacial score (nSPS) is 10.9. The van der Waals surface area contributed by atoms with Gasteiger partial charge in [-0.25, -0.2) is 4.98 Å². The van der Waals surface area contributed by atoms with Gasteiger partial charge >= 0.3 is 0 Å². The molecule has 0 aliphatic carbocycles. The predicted molar refractivity (Wildman–Crippen MR) is 115 cm³/mol. The van der Waals surface area contributed by atoms with Crippen LogP contribution in [0.3, 0.4) is 0 Å². The number of oxazole rings is 1. The lowest BCUT2D eigenvalue weighted by molar-refractivity contribution is 0.620. The van der Waals surface area contributed by atoms with Crippen LogP contribution in [0.2, 0.25) is 0 Å². The third-order valence-corrected chi connectivity index (χ3v) is 4.68. The van der Waals surface area contributed by atoms with Crippen LogP contribution in [0.1, 0.15) is 0 Å². The fraction of sp³-hybridized carbons (Fsp3) is 0. The molecular weight excluding hydrogens is 344 g/mol. The average molecular weight is 362 g/mol. The Hall–Kier alpha value is -3.85. The van der Waals surface area contributed by atoms with E-state index in [4.69, 9.17) is 4.42 Å². The molecule has 0 fully saturated rings. The fourth-order valence-corrected chi connectivity index (χ4v) is 3.27. The van der Waals surface area contributed by atoms with Gasteiger partial charge in [-0.3, -0.25) is 0 Å². The predicted octanol–water partition coefficient (Wildman–Crippen LogP) is 6.91. The summed E-state index contributed by atoms with van der Waals surface area (Å²) in [5.41, 5.74) is 7.10. The molecule has 5 aromatic rings. The first-order valence-corrected chi connectivity index (χ1v) is 9.24. The van der Waals surface area contributed by atoms with E-state index in [-0.39, 0.29) is 0 Å². The highest BCUT2D eigenvalue weighted by atomic mass is 16.3. The summed E-state index contributed by atoms with van der Waals surface area (Å²) in [5.74, 6) is 0.638. The molecule has 0 atom stereocenters. The maximum atomic E-state index is 5.85. The highest BCUT2D eigenvalue weighted by Gasteiger charge is 2.07. The molecule has 134 valence electrons. The SMILES string of the molecule is c1ccc(-c2cccc(Nc3ccc(-c4nc5ccccc5o4)cc3)c2)cc1. The first-order chi connectivity index (χ1) is 13.8. The van der Waals surface area contributed by atoms with E-state index in [9.17, 15) is 0 Å². The number of nitrogens with one attached hydrogen (secondary N) is 1. The quantitative estimate of drug-likeness (QED) is 0.378. The number of benzene rings is 4. The number of para-hydroxylation sites is 2. The van der Waals surface area contributed by atoms with Crippen molar-refractivity contribution in [1.82, 2.24) is 4.98 Å². The van der Waals surface area contributed by atoms with Gasteiger partial charge in [-0.05, 0) is 59.7 Å². The third kappa shape index (κ3) is 3.26. The van der Waals surface area contributed by atoms with Crippen LogP contribution in [-0.2, 0) is 0 Å². The zero-order valence-electron chi connectivity index (χ0n) is 15.2. The molecule has 1 heterocycles. The maximum Gasteiger partial charge on any atom is 0.227 e. The summed E-state index contributed by atoms with van der Waals surface area (Å²) in [6.07, 6.45) is 0. The number of nitrogens with zero attached hydrogens (tertiary/aromatic N) is 1. The van der Waals surface area contributed by atoms with Crippen LogP contribution in [0.4, 0.5) is 11.4 Å². The molecule has 28 heavy (non-hydrogen) atoms. The van der Waals surface area contributed by atoms with Crippen molar-refractivity contribution in [1.29, 1.82) is 0 Å². The van der Waals surface area contributed by atoms with E-state index < -0.39 is 0 Å². The average Bonchev–Trinajstić information content (AvgIpc) is 3.19. The Morgan fingerprint density at radius 1 is 0.571 bits per heavy atom. The van der Waals surface area contributed by atoms with Crippen molar-refractivity contribution < 1.29 is 4.42 Å². The van der Waals surface area contributed by atoms with Crippen molar-refractivity contribution in [2.75, 3.05) is 5.32 Å². The Labute approximate surface area is 163 Å². The number of rotatable bonds is 4. The van der Waals surface area contributed by atoms with E-state index in [1.807, 2.05) is 54.6 Å². The van der Waals surface area contributed by atoms with Crippen molar-refractivity contribution in [3.8, 4) is 22.6 Å². The Bertz CT molecular complexity index is 1190. The van der Waals surface area contributed by atoms with Crippen molar-refractivity contribution in [3.63, 3.8) is 0 Å². The van der Waals surface area contributed by atoms with Gasteiger partial charge in [-0.2, -0.15) is 0 Å². The lowest BCUT2D eigenvalue weighted by Gasteiger charge is -2.09. The van der Waals surface area contributed by atoms with Gasteiger partial charge in [0, 0.05) is 16.9 Å². The van der Waals surface area contributed by atoms with E-state index in [1.54, 1.807) is 0 Å². The van der Waals surface area contributed by atoms with Crippen molar-refractivity contribution in [3.05, 3.63) is 103 Å². The molecular formula is C25H18N2O. The van der Waals surface area contributed by atoms with Gasteiger partial charge in [0.2, 0.25) is 5.89 Å². The Balaban J connectivity index is 1.38. The van der Waals surface area contributed by atoms with E-state index in [0.717, 1.165) is 28.0 Å². The molecule has 3 nitrogen and oxygen atoms in total. The van der Waals surface area contributed by atoms with Crippen molar-refractivity contribution in [2.24, 2.45) is 0 Å². The van der Waals surface area contributed by atoms with E-state index in [2.05, 4.69) is 58.8 Å². The summed E-state index contributed by atoms with van der Waals surface area (Å²) in [6.45, 7) is 0. The summed E-state index contributed by atoms with van der Waals surface area (Å²) in [4.78, 5) is 4.55. The molecule has 0 spiro atoms. The van der Waals surface area contributed by atoms with Crippen LogP contribution in [0.5, 0.6) is 0 Å². The molecule has 0 amide bonds. The van der Waals surface area contributed by atoms with Gasteiger partial charge in [-0.15, -0.1) is 0 Å². The summed E-state index contributed by atoms with van der Waals surface area (Å²) in [6, 6.07) is 34.7. The molecule has 0 unspecified atom stereocenters. The number of fused-ring (bicyclic) bond motifs is 1. The fourth-order valence-electron chi connectivity index (χ4n) is 3.27. The Morgan fingerprint density at radius 2 is 1.32 bits per heavy atom. The van der Waals surface area contributed by atoms with Gasteiger partial charge < -0.3 is 9.73 Å². The van der Waals surface area contributed by atoms with Gasteiger partial charge in [-0.1, -0.05) is 54.6 Å². The minimum Gasteiger partial charge on any atom is -0.436 e. The van der Waals surface area contributed by atoms with Crippen LogP contribution in [-0.4, -0.2) is 4.98 Å². The highest BCUT2D eigenvalue weighted by Crippen LogP contribution is 2.27. The van der Waals surface area contributed by atoms with Gasteiger partial charge in [0.1, 0.15) is 5.52 Å². The summed E-state index contributed by atoms with van der Waals surface area (Å²) >= 11 is 0. The first kappa shape index (κ1) is 16.3. The van der Waals surface area contributed by atoms with E-state index >= 15 is 0 Å². The standard InChI is InChI=1S/C25H18N2O/c1-2-7-18(8-3-1)20-9-6-10-22(17-20)26-21-15-13-19(14-16-21)25-27-23-11-4-5-12-24(23)28-25/h1-17,26H. The third-order valence-electron chi connectivity index (χ3n) is 4.68. The zero-order valence-corrected chi connectivity index (χ0v) is 15.2. The molecule has 5 rings (SSSR count). The van der Waals surface area contributed by atoms with Gasteiger partial charge in [0.25, 0.3) is 0 Å². The van der Waals surface area contributed by atoms with Crippen LogP contribution >= 0.6 is 0 Å². The van der Waals surface area contributed by atoms with Crippen molar-refractivity contribution >= 4 is 22.5 Å². The second-order valence-corrected chi connectivity index (χ2v) is 6.64. The molecule has 4 aromatic carbocycles. The number of anilines is 2.